The van der Waals surface area contributed by atoms with Crippen molar-refractivity contribution >= 4 is 51.0 Å². The van der Waals surface area contributed by atoms with E-state index in [-0.39, 0.29) is 0 Å². The number of aromatic nitrogens is 2. The molecule has 7 aromatic rings. The van der Waals surface area contributed by atoms with Gasteiger partial charge in [0.25, 0.3) is 0 Å². The number of rotatable bonds is 3. The van der Waals surface area contributed by atoms with E-state index in [2.05, 4.69) is 161 Å². The minimum Gasteiger partial charge on any atom is -0.309 e. The second-order valence-corrected chi connectivity index (χ2v) is 10.1. The van der Waals surface area contributed by atoms with E-state index in [0.717, 1.165) is 33.8 Å². The lowest BCUT2D eigenvalue weighted by atomic mass is 10.1. The number of benzene rings is 6. The molecule has 0 unspecified atom stereocenters. The quantitative estimate of drug-likeness (QED) is 0.235. The molecule has 0 amide bonds. The van der Waals surface area contributed by atoms with Crippen LogP contribution in [0.2, 0.25) is 0 Å². The molecule has 0 spiro atoms. The van der Waals surface area contributed by atoms with Gasteiger partial charge in [-0.25, -0.2) is 4.98 Å². The Bertz CT molecular complexity index is 2010. The molecule has 1 aliphatic rings. The maximum absolute atomic E-state index is 5.13. The van der Waals surface area contributed by atoms with Gasteiger partial charge in [0, 0.05) is 16.6 Å². The molecule has 40 heavy (non-hydrogen) atoms. The van der Waals surface area contributed by atoms with Gasteiger partial charge in [-0.2, -0.15) is 0 Å². The van der Waals surface area contributed by atoms with Gasteiger partial charge in [-0.05, 0) is 71.1 Å². The van der Waals surface area contributed by atoms with E-state index >= 15 is 0 Å². The van der Waals surface area contributed by atoms with Gasteiger partial charge in [0.15, 0.2) is 0 Å². The van der Waals surface area contributed by atoms with Crippen molar-refractivity contribution in [3.05, 3.63) is 151 Å². The maximum Gasteiger partial charge on any atom is 0.145 e. The van der Waals surface area contributed by atoms with Crippen molar-refractivity contribution in [3.8, 4) is 17.1 Å². The smallest absolute Gasteiger partial charge is 0.145 e. The molecule has 0 radical (unpaired) electrons. The molecule has 0 fully saturated rings. The Kier molecular flexibility index (Phi) is 5.14. The van der Waals surface area contributed by atoms with Crippen molar-refractivity contribution in [2.24, 2.45) is 0 Å². The molecule has 3 heteroatoms. The monoisotopic (exact) mass is 511 g/mol. The van der Waals surface area contributed by atoms with Gasteiger partial charge in [-0.3, -0.25) is 4.57 Å². The van der Waals surface area contributed by atoms with Crippen LogP contribution in [0.3, 0.4) is 0 Å². The van der Waals surface area contributed by atoms with Crippen molar-refractivity contribution in [3.63, 3.8) is 0 Å². The molecule has 2 heterocycles. The first-order valence-electron chi connectivity index (χ1n) is 13.6. The third-order valence-corrected chi connectivity index (χ3v) is 7.75. The maximum atomic E-state index is 5.13. The fourth-order valence-corrected chi connectivity index (χ4v) is 5.88. The lowest BCUT2D eigenvalue weighted by molar-refractivity contribution is 1.11. The zero-order valence-electron chi connectivity index (χ0n) is 21.8. The number of nitrogens with zero attached hydrogens (tertiary/aromatic N) is 3. The van der Waals surface area contributed by atoms with Crippen molar-refractivity contribution in [2.75, 3.05) is 4.90 Å². The molecule has 0 bridgehead atoms. The summed E-state index contributed by atoms with van der Waals surface area (Å²) < 4.78 is 2.30. The molecule has 8 rings (SSSR count). The van der Waals surface area contributed by atoms with Crippen LogP contribution in [-0.2, 0) is 0 Å². The first-order valence-corrected chi connectivity index (χ1v) is 13.6. The highest BCUT2D eigenvalue weighted by Crippen LogP contribution is 2.42. The number of imidazole rings is 1. The summed E-state index contributed by atoms with van der Waals surface area (Å²) in [6, 6.07) is 49.3. The molecule has 188 valence electrons. The average molecular weight is 512 g/mol. The number of hydrogen-bond acceptors (Lipinski definition) is 2. The summed E-state index contributed by atoms with van der Waals surface area (Å²) in [5, 5.41) is 2.42. The van der Waals surface area contributed by atoms with E-state index in [1.165, 1.54) is 33.3 Å². The fraction of sp³-hybridized carbons (Fsp3) is 0. The predicted octanol–water partition coefficient (Wildman–Crippen LogP) is 9.80. The molecule has 6 aromatic carbocycles. The summed E-state index contributed by atoms with van der Waals surface area (Å²) in [6.45, 7) is 0. The van der Waals surface area contributed by atoms with Crippen LogP contribution in [0.15, 0.2) is 140 Å². The second-order valence-electron chi connectivity index (χ2n) is 10.1. The fourth-order valence-electron chi connectivity index (χ4n) is 5.88. The highest BCUT2D eigenvalue weighted by molar-refractivity contribution is 5.95. The summed E-state index contributed by atoms with van der Waals surface area (Å²) in [4.78, 5) is 7.48. The molecule has 0 aliphatic carbocycles. The Morgan fingerprint density at radius 1 is 0.475 bits per heavy atom. The predicted molar refractivity (Wildman–Crippen MR) is 168 cm³/mol. The topological polar surface area (TPSA) is 21.1 Å². The Morgan fingerprint density at radius 2 is 1.07 bits per heavy atom. The summed E-state index contributed by atoms with van der Waals surface area (Å²) in [5.41, 5.74) is 10.1. The highest BCUT2D eigenvalue weighted by Gasteiger charge is 2.21. The van der Waals surface area contributed by atoms with E-state index in [9.17, 15) is 0 Å². The SMILES string of the molecule is C1=Cc2ccccc2N(c2ccc(-c3nc4ccccc4n3-c3cccc4ccccc34)cc2)c2ccccc21. The minimum atomic E-state index is 0.933. The molecule has 1 aromatic heterocycles. The van der Waals surface area contributed by atoms with Crippen molar-refractivity contribution in [1.82, 2.24) is 9.55 Å². The minimum absolute atomic E-state index is 0.933. The third kappa shape index (κ3) is 3.56. The van der Waals surface area contributed by atoms with Crippen LogP contribution in [-0.4, -0.2) is 9.55 Å². The molecular formula is C37H25N3. The Hall–Kier alpha value is -5.41. The summed E-state index contributed by atoms with van der Waals surface area (Å²) >= 11 is 0. The standard InChI is InChI=1S/C37H25N3/c1-4-14-31-26(10-1)13-9-19-35(31)40-36-18-8-5-15-32(36)38-37(40)29-22-24-30(25-23-29)39-33-16-6-2-11-27(33)20-21-28-12-3-7-17-34(28)39/h1-25H. The van der Waals surface area contributed by atoms with Crippen molar-refractivity contribution in [1.29, 1.82) is 0 Å². The average Bonchev–Trinajstić information content (AvgIpc) is 3.32. The Labute approximate surface area is 232 Å². The van der Waals surface area contributed by atoms with Gasteiger partial charge < -0.3 is 4.90 Å². The number of para-hydroxylation sites is 4. The van der Waals surface area contributed by atoms with Crippen LogP contribution < -0.4 is 4.90 Å². The molecule has 1 aliphatic heterocycles. The zero-order chi connectivity index (χ0) is 26.5. The first-order chi connectivity index (χ1) is 19.8. The number of anilines is 3. The Morgan fingerprint density at radius 3 is 1.85 bits per heavy atom. The van der Waals surface area contributed by atoms with Gasteiger partial charge in [-0.15, -0.1) is 0 Å². The van der Waals surface area contributed by atoms with Crippen LogP contribution in [0.1, 0.15) is 11.1 Å². The van der Waals surface area contributed by atoms with E-state index in [0.29, 0.717) is 0 Å². The van der Waals surface area contributed by atoms with Gasteiger partial charge in [0.05, 0.1) is 28.1 Å². The normalized spacial score (nSPS) is 12.3. The Balaban J connectivity index is 1.30. The lowest BCUT2D eigenvalue weighted by Crippen LogP contribution is -2.11. The summed E-state index contributed by atoms with van der Waals surface area (Å²) in [5.74, 6) is 0.933. The van der Waals surface area contributed by atoms with Crippen LogP contribution in [0.5, 0.6) is 0 Å². The molecule has 0 N–H and O–H groups in total. The van der Waals surface area contributed by atoms with Gasteiger partial charge in [0.1, 0.15) is 5.82 Å². The van der Waals surface area contributed by atoms with Crippen molar-refractivity contribution in [2.45, 2.75) is 0 Å². The van der Waals surface area contributed by atoms with E-state index < -0.39 is 0 Å². The van der Waals surface area contributed by atoms with Crippen molar-refractivity contribution < 1.29 is 0 Å². The van der Waals surface area contributed by atoms with Gasteiger partial charge >= 0.3 is 0 Å². The van der Waals surface area contributed by atoms with E-state index in [1.54, 1.807) is 0 Å². The molecule has 3 nitrogen and oxygen atoms in total. The summed E-state index contributed by atoms with van der Waals surface area (Å²) in [6.07, 6.45) is 4.41. The van der Waals surface area contributed by atoms with E-state index in [1.807, 2.05) is 0 Å². The zero-order valence-corrected chi connectivity index (χ0v) is 21.8. The lowest BCUT2D eigenvalue weighted by Gasteiger charge is -2.27. The molecule has 0 saturated heterocycles. The van der Waals surface area contributed by atoms with Crippen LogP contribution in [0.25, 0.3) is 51.0 Å². The summed E-state index contributed by atoms with van der Waals surface area (Å²) in [7, 11) is 0. The van der Waals surface area contributed by atoms with Crippen LogP contribution in [0.4, 0.5) is 17.1 Å². The molecular weight excluding hydrogens is 486 g/mol. The second kappa shape index (κ2) is 9.11. The van der Waals surface area contributed by atoms with Gasteiger partial charge in [0.2, 0.25) is 0 Å². The first kappa shape index (κ1) is 22.6. The highest BCUT2D eigenvalue weighted by atomic mass is 15.1. The molecule has 0 saturated carbocycles. The van der Waals surface area contributed by atoms with Crippen LogP contribution >= 0.6 is 0 Å². The number of hydrogen-bond donors (Lipinski definition) is 0. The van der Waals surface area contributed by atoms with Gasteiger partial charge in [-0.1, -0.05) is 97.1 Å². The molecule has 0 atom stereocenters. The number of fused-ring (bicyclic) bond motifs is 4. The largest absolute Gasteiger partial charge is 0.309 e. The third-order valence-electron chi connectivity index (χ3n) is 7.75. The van der Waals surface area contributed by atoms with E-state index in [4.69, 9.17) is 4.98 Å². The van der Waals surface area contributed by atoms with Crippen LogP contribution in [0, 0.1) is 0 Å².